The molecule has 3 aromatic rings. The lowest BCUT2D eigenvalue weighted by atomic mass is 10.1. The minimum absolute atomic E-state index is 0.137. The summed E-state index contributed by atoms with van der Waals surface area (Å²) in [5.41, 5.74) is 6.34. The smallest absolute Gasteiger partial charge is 0.344 e. The summed E-state index contributed by atoms with van der Waals surface area (Å²) in [7, 11) is 0. The Labute approximate surface area is 214 Å². The molecule has 0 aliphatic rings. The van der Waals surface area contributed by atoms with E-state index in [4.69, 9.17) is 9.47 Å². The normalized spacial score (nSPS) is 10.8. The molecule has 182 valence electrons. The van der Waals surface area contributed by atoms with Gasteiger partial charge in [0.1, 0.15) is 12.4 Å². The molecule has 0 atom stereocenters. The van der Waals surface area contributed by atoms with Crippen LogP contribution in [0.25, 0.3) is 0 Å². The number of carbonyl (C=O) groups excluding carboxylic acids is 2. The topological polar surface area (TPSA) is 77.0 Å². The van der Waals surface area contributed by atoms with Gasteiger partial charge >= 0.3 is 5.97 Å². The van der Waals surface area contributed by atoms with E-state index < -0.39 is 5.97 Å². The number of amides is 1. The molecular formula is C27H28N2O4S2. The highest BCUT2D eigenvalue weighted by atomic mass is 32.2. The summed E-state index contributed by atoms with van der Waals surface area (Å²) in [5.74, 6) is 2.48. The first-order valence-electron chi connectivity index (χ1n) is 11.1. The summed E-state index contributed by atoms with van der Waals surface area (Å²) in [6, 6.07) is 24.9. The molecule has 0 aromatic heterocycles. The molecule has 3 rings (SSSR count). The Morgan fingerprint density at radius 2 is 1.60 bits per heavy atom. The number of thioether (sulfide) groups is 2. The predicted octanol–water partition coefficient (Wildman–Crippen LogP) is 5.17. The first-order valence-corrected chi connectivity index (χ1v) is 13.6. The molecule has 0 saturated carbocycles. The Bertz CT molecular complexity index is 1090. The van der Waals surface area contributed by atoms with Crippen molar-refractivity contribution < 1.29 is 19.1 Å². The van der Waals surface area contributed by atoms with Crippen molar-refractivity contribution in [1.82, 2.24) is 5.43 Å². The molecule has 0 fully saturated rings. The molecule has 1 N–H and O–H groups in total. The van der Waals surface area contributed by atoms with Crippen molar-refractivity contribution in [3.05, 3.63) is 101 Å². The predicted molar refractivity (Wildman–Crippen MR) is 144 cm³/mol. The second kappa shape index (κ2) is 14.9. The van der Waals surface area contributed by atoms with Gasteiger partial charge in [0.15, 0.2) is 6.61 Å². The maximum absolute atomic E-state index is 12.3. The number of ether oxygens (including phenoxy) is 2. The van der Waals surface area contributed by atoms with Crippen LogP contribution >= 0.6 is 23.5 Å². The zero-order valence-electron chi connectivity index (χ0n) is 19.5. The minimum atomic E-state index is -0.397. The van der Waals surface area contributed by atoms with E-state index in [-0.39, 0.29) is 12.5 Å². The van der Waals surface area contributed by atoms with E-state index in [1.807, 2.05) is 60.5 Å². The average molecular weight is 509 g/mol. The number of hydrazone groups is 1. The van der Waals surface area contributed by atoms with Crippen molar-refractivity contribution in [3.8, 4) is 5.75 Å². The van der Waals surface area contributed by atoms with Crippen LogP contribution in [0.3, 0.4) is 0 Å². The molecule has 35 heavy (non-hydrogen) atoms. The van der Waals surface area contributed by atoms with Crippen molar-refractivity contribution in [1.29, 1.82) is 0 Å². The van der Waals surface area contributed by atoms with Crippen LogP contribution in [0, 0.1) is 0 Å². The van der Waals surface area contributed by atoms with Gasteiger partial charge in [0.2, 0.25) is 0 Å². The van der Waals surface area contributed by atoms with Crippen molar-refractivity contribution in [2.75, 3.05) is 25.2 Å². The number of esters is 1. The van der Waals surface area contributed by atoms with Crippen LogP contribution in [0.15, 0.2) is 84.0 Å². The van der Waals surface area contributed by atoms with E-state index in [1.54, 1.807) is 42.2 Å². The van der Waals surface area contributed by atoms with Crippen molar-refractivity contribution in [2.45, 2.75) is 11.5 Å². The van der Waals surface area contributed by atoms with E-state index >= 15 is 0 Å². The van der Waals surface area contributed by atoms with Gasteiger partial charge in [0.05, 0.1) is 6.21 Å². The third kappa shape index (κ3) is 9.88. The molecular weight excluding hydrogens is 480 g/mol. The number of carbonyl (C=O) groups is 2. The number of hydrogen-bond donors (Lipinski definition) is 1. The molecule has 0 aliphatic heterocycles. The highest BCUT2D eigenvalue weighted by molar-refractivity contribution is 7.98. The first kappa shape index (κ1) is 26.4. The monoisotopic (exact) mass is 508 g/mol. The molecule has 6 nitrogen and oxygen atoms in total. The third-order valence-electron chi connectivity index (χ3n) is 4.76. The minimum Gasteiger partial charge on any atom is -0.482 e. The molecule has 3 aromatic carbocycles. The SMILES string of the molecule is CSCCOC(=O)COc1ccc(/C=N/NC(=O)c2ccc(CSCc3ccccc3)cc2)cc1. The van der Waals surface area contributed by atoms with Gasteiger partial charge in [-0.1, -0.05) is 42.5 Å². The summed E-state index contributed by atoms with van der Waals surface area (Å²) in [6.07, 6.45) is 3.50. The van der Waals surface area contributed by atoms with Gasteiger partial charge in [-0.3, -0.25) is 4.79 Å². The van der Waals surface area contributed by atoms with E-state index in [9.17, 15) is 9.59 Å². The maximum Gasteiger partial charge on any atom is 0.344 e. The van der Waals surface area contributed by atoms with Crippen LogP contribution in [0.1, 0.15) is 27.0 Å². The average Bonchev–Trinajstić information content (AvgIpc) is 2.89. The third-order valence-corrected chi connectivity index (χ3v) is 6.41. The summed E-state index contributed by atoms with van der Waals surface area (Å²) in [5, 5.41) is 4.02. The van der Waals surface area contributed by atoms with Crippen molar-refractivity contribution in [3.63, 3.8) is 0 Å². The summed E-state index contributed by atoms with van der Waals surface area (Å²) < 4.78 is 10.4. The van der Waals surface area contributed by atoms with Crippen molar-refractivity contribution in [2.24, 2.45) is 5.10 Å². The fourth-order valence-corrected chi connectivity index (χ4v) is 4.12. The second-order valence-electron chi connectivity index (χ2n) is 7.45. The second-order valence-corrected chi connectivity index (χ2v) is 9.42. The van der Waals surface area contributed by atoms with E-state index in [0.29, 0.717) is 17.9 Å². The maximum atomic E-state index is 12.3. The number of nitrogens with zero attached hydrogens (tertiary/aromatic N) is 1. The van der Waals surface area contributed by atoms with Crippen molar-refractivity contribution >= 4 is 41.6 Å². The molecule has 0 radical (unpaired) electrons. The van der Waals surface area contributed by atoms with E-state index in [0.717, 1.165) is 22.8 Å². The lowest BCUT2D eigenvalue weighted by Gasteiger charge is -2.06. The fraction of sp³-hybridized carbons (Fsp3) is 0.222. The van der Waals surface area contributed by atoms with Crippen LogP contribution < -0.4 is 10.2 Å². The van der Waals surface area contributed by atoms with Gasteiger partial charge < -0.3 is 9.47 Å². The van der Waals surface area contributed by atoms with Crippen LogP contribution in [0.5, 0.6) is 5.75 Å². The first-order chi connectivity index (χ1) is 17.1. The Balaban J connectivity index is 1.38. The van der Waals surface area contributed by atoms with E-state index in [1.165, 1.54) is 11.1 Å². The van der Waals surface area contributed by atoms with Crippen LogP contribution in [-0.2, 0) is 21.0 Å². The molecule has 0 unspecified atom stereocenters. The lowest BCUT2D eigenvalue weighted by Crippen LogP contribution is -2.17. The summed E-state index contributed by atoms with van der Waals surface area (Å²) >= 11 is 3.45. The lowest BCUT2D eigenvalue weighted by molar-refractivity contribution is -0.145. The van der Waals surface area contributed by atoms with Gasteiger partial charge in [0.25, 0.3) is 5.91 Å². The Morgan fingerprint density at radius 3 is 2.29 bits per heavy atom. The molecule has 0 saturated heterocycles. The molecule has 0 spiro atoms. The zero-order valence-corrected chi connectivity index (χ0v) is 21.1. The van der Waals surface area contributed by atoms with Gasteiger partial charge in [-0.25, -0.2) is 10.2 Å². The van der Waals surface area contributed by atoms with Crippen LogP contribution in [0.2, 0.25) is 0 Å². The standard InChI is InChI=1S/C27H28N2O4S2/c1-34-16-15-32-26(30)18-33-25-13-9-21(10-14-25)17-28-29-27(31)24-11-7-23(8-12-24)20-35-19-22-5-3-2-4-6-22/h2-14,17H,15-16,18-20H2,1H3,(H,29,31)/b28-17+. The van der Waals surface area contributed by atoms with Gasteiger partial charge in [-0.15, -0.1) is 0 Å². The quantitative estimate of drug-likeness (QED) is 0.149. The molecule has 0 bridgehead atoms. The van der Waals surface area contributed by atoms with E-state index in [2.05, 4.69) is 22.7 Å². The molecule has 1 amide bonds. The highest BCUT2D eigenvalue weighted by Gasteiger charge is 2.05. The van der Waals surface area contributed by atoms with Gasteiger partial charge in [0, 0.05) is 22.8 Å². The number of hydrogen-bond acceptors (Lipinski definition) is 7. The number of benzene rings is 3. The zero-order chi connectivity index (χ0) is 24.7. The number of rotatable bonds is 13. The Morgan fingerprint density at radius 1 is 0.914 bits per heavy atom. The molecule has 0 aliphatic carbocycles. The number of nitrogens with one attached hydrogen (secondary N) is 1. The molecule has 8 heteroatoms. The molecule has 0 heterocycles. The largest absolute Gasteiger partial charge is 0.482 e. The van der Waals surface area contributed by atoms with Gasteiger partial charge in [-0.2, -0.15) is 28.6 Å². The van der Waals surface area contributed by atoms with Crippen LogP contribution in [-0.4, -0.2) is 43.3 Å². The summed E-state index contributed by atoms with van der Waals surface area (Å²) in [6.45, 7) is 0.241. The summed E-state index contributed by atoms with van der Waals surface area (Å²) in [4.78, 5) is 23.9. The fourth-order valence-electron chi connectivity index (χ4n) is 2.92. The van der Waals surface area contributed by atoms with Gasteiger partial charge in [-0.05, 0) is 59.3 Å². The Hall–Kier alpha value is -3.23. The highest BCUT2D eigenvalue weighted by Crippen LogP contribution is 2.18. The van der Waals surface area contributed by atoms with Crippen LogP contribution in [0.4, 0.5) is 0 Å². The Kier molecular flexibility index (Phi) is 11.2.